The maximum absolute atomic E-state index is 4.87. The van der Waals surface area contributed by atoms with Crippen molar-refractivity contribution in [2.45, 2.75) is 6.54 Å². The molecule has 1 rings (SSSR count). The molecule has 4 heteroatoms. The molecular weight excluding hydrogens is 332 g/mol. The van der Waals surface area contributed by atoms with E-state index in [0.717, 1.165) is 11.0 Å². The minimum atomic E-state index is -0.466. The Morgan fingerprint density at radius 1 is 1.07 bits per heavy atom. The van der Waals surface area contributed by atoms with Crippen molar-refractivity contribution in [1.82, 2.24) is 0 Å². The molecular formula is C10H16Cl2IN. The van der Waals surface area contributed by atoms with Gasteiger partial charge in [0.1, 0.15) is 6.54 Å². The summed E-state index contributed by atoms with van der Waals surface area (Å²) in [6.07, 6.45) is 0. The van der Waals surface area contributed by atoms with Crippen molar-refractivity contribution in [3.63, 3.8) is 0 Å². The Morgan fingerprint density at radius 2 is 1.50 bits per heavy atom. The molecule has 0 saturated carbocycles. The predicted molar refractivity (Wildman–Crippen MR) is 59.9 cm³/mol. The van der Waals surface area contributed by atoms with Crippen LogP contribution in [0, 0.1) is 0 Å². The number of quaternary nitrogens is 1. The van der Waals surface area contributed by atoms with E-state index in [1.165, 1.54) is 5.56 Å². The van der Waals surface area contributed by atoms with E-state index in [1.807, 2.05) is 0 Å². The fourth-order valence-electron chi connectivity index (χ4n) is 1.13. The van der Waals surface area contributed by atoms with E-state index in [2.05, 4.69) is 51.5 Å². The Bertz CT molecular complexity index is 234. The summed E-state index contributed by atoms with van der Waals surface area (Å²) in [5.74, 6) is 0. The fraction of sp³-hybridized carbons (Fsp3) is 0.400. The van der Waals surface area contributed by atoms with Gasteiger partial charge in [-0.05, 0) is 0 Å². The quantitative estimate of drug-likeness (QED) is 0.532. The zero-order valence-electron chi connectivity index (χ0n) is 8.67. The van der Waals surface area contributed by atoms with Crippen molar-refractivity contribution in [1.29, 1.82) is 0 Å². The molecule has 0 saturated heterocycles. The van der Waals surface area contributed by atoms with Crippen LogP contribution in [0.15, 0.2) is 30.3 Å². The van der Waals surface area contributed by atoms with Crippen LogP contribution >= 0.6 is 17.8 Å². The number of hydrogen-bond donors (Lipinski definition) is 0. The van der Waals surface area contributed by atoms with Crippen molar-refractivity contribution >= 4 is 17.8 Å². The molecule has 0 fully saturated rings. The zero-order chi connectivity index (χ0) is 11.0. The molecule has 0 aliphatic heterocycles. The van der Waals surface area contributed by atoms with Gasteiger partial charge >= 0.3 is 36.8 Å². The average molecular weight is 348 g/mol. The van der Waals surface area contributed by atoms with E-state index in [-0.39, 0.29) is 0 Å². The van der Waals surface area contributed by atoms with Gasteiger partial charge in [0.05, 0.1) is 21.1 Å². The van der Waals surface area contributed by atoms with Gasteiger partial charge in [-0.15, -0.1) is 0 Å². The second-order valence-electron chi connectivity index (χ2n) is 3.99. The van der Waals surface area contributed by atoms with Crippen LogP contribution < -0.4 is 18.9 Å². The van der Waals surface area contributed by atoms with Crippen molar-refractivity contribution < 1.29 is 23.4 Å². The van der Waals surface area contributed by atoms with Crippen LogP contribution in [-0.2, 0) is 6.54 Å². The van der Waals surface area contributed by atoms with Gasteiger partial charge in [-0.3, -0.25) is 0 Å². The van der Waals surface area contributed by atoms with Crippen LogP contribution in [0.5, 0.6) is 0 Å². The van der Waals surface area contributed by atoms with E-state index in [0.29, 0.717) is 0 Å². The summed E-state index contributed by atoms with van der Waals surface area (Å²) in [5, 5.41) is 0. The molecule has 1 nitrogen and oxygen atoms in total. The molecule has 14 heavy (non-hydrogen) atoms. The monoisotopic (exact) mass is 347 g/mol. The van der Waals surface area contributed by atoms with Crippen LogP contribution in [0.1, 0.15) is 5.56 Å². The third-order valence-electron chi connectivity index (χ3n) is 1.50. The summed E-state index contributed by atoms with van der Waals surface area (Å²) in [6, 6.07) is 10.6. The molecule has 1 aromatic carbocycles. The van der Waals surface area contributed by atoms with Crippen molar-refractivity contribution in [3.05, 3.63) is 35.9 Å². The van der Waals surface area contributed by atoms with E-state index in [1.54, 1.807) is 0 Å². The fourth-order valence-corrected chi connectivity index (χ4v) is 1.13. The first-order valence-corrected chi connectivity index (χ1v) is 9.67. The second-order valence-corrected chi connectivity index (χ2v) is 7.19. The molecule has 0 spiro atoms. The summed E-state index contributed by atoms with van der Waals surface area (Å²) in [4.78, 5) is 0. The summed E-state index contributed by atoms with van der Waals surface area (Å²) in [5.41, 5.74) is 1.40. The Hall–Kier alpha value is 0.490. The molecule has 0 radical (unpaired) electrons. The number of hydrogen-bond acceptors (Lipinski definition) is 0. The second kappa shape index (κ2) is 7.74. The maximum atomic E-state index is 4.87. The van der Waals surface area contributed by atoms with Crippen LogP contribution in [-0.4, -0.2) is 25.6 Å². The van der Waals surface area contributed by atoms with Crippen LogP contribution in [0.3, 0.4) is 0 Å². The third-order valence-corrected chi connectivity index (χ3v) is 1.50. The Labute approximate surface area is 104 Å². The van der Waals surface area contributed by atoms with E-state index in [9.17, 15) is 0 Å². The number of benzene rings is 1. The van der Waals surface area contributed by atoms with Crippen molar-refractivity contribution in [2.75, 3.05) is 21.1 Å². The van der Waals surface area contributed by atoms with Gasteiger partial charge in [0.25, 0.3) is 0 Å². The van der Waals surface area contributed by atoms with Crippen molar-refractivity contribution in [3.8, 4) is 0 Å². The average Bonchev–Trinajstić information content (AvgIpc) is 2.04. The topological polar surface area (TPSA) is 0 Å². The summed E-state index contributed by atoms with van der Waals surface area (Å²) >= 11 is -0.466. The van der Waals surface area contributed by atoms with Crippen molar-refractivity contribution in [2.24, 2.45) is 0 Å². The molecule has 1 aromatic rings. The summed E-state index contributed by atoms with van der Waals surface area (Å²) in [6.45, 7) is 1.10. The van der Waals surface area contributed by atoms with Gasteiger partial charge in [0, 0.05) is 5.56 Å². The first-order valence-electron chi connectivity index (χ1n) is 4.21. The Morgan fingerprint density at radius 3 is 1.86 bits per heavy atom. The van der Waals surface area contributed by atoms with Crippen LogP contribution in [0.4, 0.5) is 0 Å². The zero-order valence-corrected chi connectivity index (χ0v) is 12.3. The van der Waals surface area contributed by atoms with E-state index in [4.69, 9.17) is 17.8 Å². The molecule has 0 heterocycles. The molecule has 0 bridgehead atoms. The predicted octanol–water partition coefficient (Wildman–Crippen LogP) is 0.276. The van der Waals surface area contributed by atoms with Gasteiger partial charge in [-0.1, -0.05) is 30.3 Å². The van der Waals surface area contributed by atoms with Gasteiger partial charge < -0.3 is 4.48 Å². The van der Waals surface area contributed by atoms with Gasteiger partial charge in [-0.25, -0.2) is 0 Å². The Kier molecular flexibility index (Phi) is 8.01. The molecule has 0 aliphatic rings. The number of nitrogens with zero attached hydrogens (tertiary/aromatic N) is 1. The normalized spacial score (nSPS) is 10.6. The summed E-state index contributed by atoms with van der Waals surface area (Å²) < 4.78 is 0.990. The first kappa shape index (κ1) is 14.5. The number of rotatable bonds is 2. The molecule has 0 N–H and O–H groups in total. The van der Waals surface area contributed by atoms with Crippen LogP contribution in [0.2, 0.25) is 0 Å². The SMILES string of the molecule is C[N+](C)(C)Cc1ccccc1.Cl[I-]Cl. The molecule has 0 unspecified atom stereocenters. The van der Waals surface area contributed by atoms with E-state index >= 15 is 0 Å². The molecule has 82 valence electrons. The van der Waals surface area contributed by atoms with E-state index < -0.39 is 18.9 Å². The van der Waals surface area contributed by atoms with Gasteiger partial charge in [-0.2, -0.15) is 0 Å². The van der Waals surface area contributed by atoms with Crippen LogP contribution in [0.25, 0.3) is 0 Å². The van der Waals surface area contributed by atoms with Gasteiger partial charge in [0.15, 0.2) is 0 Å². The number of halogens is 3. The first-order chi connectivity index (χ1) is 6.49. The molecule has 0 atom stereocenters. The third kappa shape index (κ3) is 9.06. The Balaban J connectivity index is 0.000000500. The standard InChI is InChI=1S/C10H16N.Cl2I/c1-11(2,3)9-10-7-5-4-6-8-10;1-3-2/h4-8H,9H2,1-3H3;/q+1;-1. The molecule has 0 aliphatic carbocycles. The summed E-state index contributed by atoms with van der Waals surface area (Å²) in [7, 11) is 16.4. The molecule has 0 amide bonds. The minimum absolute atomic E-state index is 0.466. The molecule has 0 aromatic heterocycles. The van der Waals surface area contributed by atoms with Gasteiger partial charge in [0.2, 0.25) is 0 Å².